The van der Waals surface area contributed by atoms with Crippen molar-refractivity contribution in [3.8, 4) is 0 Å². The molecule has 0 spiro atoms. The molecule has 1 unspecified atom stereocenters. The molecule has 3 nitrogen and oxygen atoms in total. The van der Waals surface area contributed by atoms with Crippen molar-refractivity contribution >= 4 is 5.91 Å². The number of hydrogen-bond acceptors (Lipinski definition) is 2. The molecule has 1 aliphatic heterocycles. The van der Waals surface area contributed by atoms with Crippen LogP contribution in [0.25, 0.3) is 0 Å². The van der Waals surface area contributed by atoms with E-state index in [-0.39, 0.29) is 6.04 Å². The van der Waals surface area contributed by atoms with E-state index in [2.05, 4.69) is 10.6 Å². The molecule has 5 heteroatoms. The van der Waals surface area contributed by atoms with Crippen LogP contribution in [0.15, 0.2) is 18.2 Å². The van der Waals surface area contributed by atoms with E-state index >= 15 is 0 Å². The highest BCUT2D eigenvalue weighted by Gasteiger charge is 2.34. The SMILES string of the molecule is O=C(NC1CC[C@H]2CNC[C@H]2C1)c1c(F)cccc1F. The van der Waals surface area contributed by atoms with Gasteiger partial charge in [0.1, 0.15) is 17.2 Å². The Morgan fingerprint density at radius 2 is 1.85 bits per heavy atom. The van der Waals surface area contributed by atoms with Gasteiger partial charge in [-0.1, -0.05) is 6.07 Å². The van der Waals surface area contributed by atoms with E-state index in [1.54, 1.807) is 0 Å². The van der Waals surface area contributed by atoms with Gasteiger partial charge in [-0.15, -0.1) is 0 Å². The fourth-order valence-electron chi connectivity index (χ4n) is 3.40. The predicted molar refractivity (Wildman–Crippen MR) is 71.3 cm³/mol. The third-order valence-electron chi connectivity index (χ3n) is 4.48. The van der Waals surface area contributed by atoms with Gasteiger partial charge in [-0.2, -0.15) is 0 Å². The zero-order chi connectivity index (χ0) is 14.1. The quantitative estimate of drug-likeness (QED) is 0.871. The summed E-state index contributed by atoms with van der Waals surface area (Å²) < 4.78 is 27.1. The van der Waals surface area contributed by atoms with Gasteiger partial charge in [0.2, 0.25) is 0 Å². The Kier molecular flexibility index (Phi) is 3.70. The summed E-state index contributed by atoms with van der Waals surface area (Å²) in [7, 11) is 0. The second kappa shape index (κ2) is 5.48. The van der Waals surface area contributed by atoms with Crippen LogP contribution in [-0.4, -0.2) is 25.0 Å². The standard InChI is InChI=1S/C15H18F2N2O/c16-12-2-1-3-13(17)14(12)15(20)19-11-5-4-9-7-18-8-10(9)6-11/h1-3,9-11,18H,4-8H2,(H,19,20)/t9-,10+,11?/m0/s1. The van der Waals surface area contributed by atoms with Crippen LogP contribution in [-0.2, 0) is 0 Å². The number of hydrogen-bond donors (Lipinski definition) is 2. The van der Waals surface area contributed by atoms with E-state index in [1.807, 2.05) is 0 Å². The number of rotatable bonds is 2. The maximum atomic E-state index is 13.6. The summed E-state index contributed by atoms with van der Waals surface area (Å²) in [5.74, 6) is -1.000. The van der Waals surface area contributed by atoms with Crippen molar-refractivity contribution in [2.75, 3.05) is 13.1 Å². The molecular weight excluding hydrogens is 262 g/mol. The van der Waals surface area contributed by atoms with Gasteiger partial charge in [0.05, 0.1) is 0 Å². The summed E-state index contributed by atoms with van der Waals surface area (Å²) in [6.07, 6.45) is 2.83. The molecule has 2 N–H and O–H groups in total. The zero-order valence-electron chi connectivity index (χ0n) is 11.2. The molecule has 20 heavy (non-hydrogen) atoms. The van der Waals surface area contributed by atoms with Gasteiger partial charge in [-0.25, -0.2) is 8.78 Å². The minimum absolute atomic E-state index is 0.0163. The number of benzene rings is 1. The van der Waals surface area contributed by atoms with Gasteiger partial charge in [0, 0.05) is 6.04 Å². The van der Waals surface area contributed by atoms with E-state index < -0.39 is 23.1 Å². The Morgan fingerprint density at radius 3 is 2.60 bits per heavy atom. The summed E-state index contributed by atoms with van der Waals surface area (Å²) in [6.45, 7) is 2.03. The van der Waals surface area contributed by atoms with Crippen LogP contribution in [0.3, 0.4) is 0 Å². The van der Waals surface area contributed by atoms with Crippen molar-refractivity contribution in [1.82, 2.24) is 10.6 Å². The first-order valence-electron chi connectivity index (χ1n) is 7.10. The van der Waals surface area contributed by atoms with Crippen molar-refractivity contribution in [1.29, 1.82) is 0 Å². The Hall–Kier alpha value is -1.49. The Balaban J connectivity index is 1.67. The molecule has 1 aromatic rings. The van der Waals surface area contributed by atoms with Crippen LogP contribution in [0, 0.1) is 23.5 Å². The molecule has 1 amide bonds. The number of nitrogens with one attached hydrogen (secondary N) is 2. The highest BCUT2D eigenvalue weighted by Crippen LogP contribution is 2.32. The first-order valence-corrected chi connectivity index (χ1v) is 7.10. The molecule has 0 aromatic heterocycles. The van der Waals surface area contributed by atoms with Crippen LogP contribution in [0.5, 0.6) is 0 Å². The fraction of sp³-hybridized carbons (Fsp3) is 0.533. The van der Waals surface area contributed by atoms with Crippen molar-refractivity contribution in [2.45, 2.75) is 25.3 Å². The summed E-state index contributed by atoms with van der Waals surface area (Å²) in [5, 5.41) is 6.14. The topological polar surface area (TPSA) is 41.1 Å². The molecular formula is C15H18F2N2O. The van der Waals surface area contributed by atoms with Gasteiger partial charge in [-0.05, 0) is 56.3 Å². The highest BCUT2D eigenvalue weighted by atomic mass is 19.1. The Morgan fingerprint density at radius 1 is 1.15 bits per heavy atom. The summed E-state index contributed by atoms with van der Waals surface area (Å²) in [5.41, 5.74) is -0.473. The van der Waals surface area contributed by atoms with Crippen LogP contribution < -0.4 is 10.6 Å². The van der Waals surface area contributed by atoms with Crippen molar-refractivity contribution in [2.24, 2.45) is 11.8 Å². The highest BCUT2D eigenvalue weighted by molar-refractivity contribution is 5.94. The number of carbonyl (C=O) groups is 1. The first kappa shape index (κ1) is 13.5. The molecule has 108 valence electrons. The predicted octanol–water partition coefficient (Wildman–Crippen LogP) is 2.08. The Labute approximate surface area is 116 Å². The lowest BCUT2D eigenvalue weighted by atomic mass is 9.79. The van der Waals surface area contributed by atoms with Crippen molar-refractivity contribution in [3.05, 3.63) is 35.4 Å². The maximum absolute atomic E-state index is 13.6. The van der Waals surface area contributed by atoms with Gasteiger partial charge in [0.15, 0.2) is 0 Å². The van der Waals surface area contributed by atoms with Crippen LogP contribution in [0.2, 0.25) is 0 Å². The molecule has 0 radical (unpaired) electrons. The van der Waals surface area contributed by atoms with E-state index in [4.69, 9.17) is 0 Å². The second-order valence-corrected chi connectivity index (χ2v) is 5.76. The zero-order valence-corrected chi connectivity index (χ0v) is 11.2. The van der Waals surface area contributed by atoms with E-state index in [1.165, 1.54) is 6.07 Å². The molecule has 1 saturated carbocycles. The number of fused-ring (bicyclic) bond motifs is 1. The number of halogens is 2. The Bertz CT molecular complexity index is 500. The molecule has 1 aromatic carbocycles. The maximum Gasteiger partial charge on any atom is 0.257 e. The molecule has 3 atom stereocenters. The van der Waals surface area contributed by atoms with Crippen LogP contribution >= 0.6 is 0 Å². The second-order valence-electron chi connectivity index (χ2n) is 5.76. The monoisotopic (exact) mass is 280 g/mol. The average Bonchev–Trinajstić information content (AvgIpc) is 2.85. The first-order chi connectivity index (χ1) is 9.65. The molecule has 1 saturated heterocycles. The largest absolute Gasteiger partial charge is 0.349 e. The van der Waals surface area contributed by atoms with Crippen LogP contribution in [0.1, 0.15) is 29.6 Å². The minimum Gasteiger partial charge on any atom is -0.349 e. The molecule has 1 aliphatic carbocycles. The molecule has 3 rings (SSSR count). The smallest absolute Gasteiger partial charge is 0.257 e. The van der Waals surface area contributed by atoms with Crippen molar-refractivity contribution in [3.63, 3.8) is 0 Å². The van der Waals surface area contributed by atoms with E-state index in [0.717, 1.165) is 44.5 Å². The normalized spacial score (nSPS) is 29.0. The third kappa shape index (κ3) is 2.54. The fourth-order valence-corrected chi connectivity index (χ4v) is 3.40. The lowest BCUT2D eigenvalue weighted by molar-refractivity contribution is 0.0905. The van der Waals surface area contributed by atoms with Gasteiger partial charge in [-0.3, -0.25) is 4.79 Å². The summed E-state index contributed by atoms with van der Waals surface area (Å²) >= 11 is 0. The minimum atomic E-state index is -0.807. The lowest BCUT2D eigenvalue weighted by Gasteiger charge is -2.31. The average molecular weight is 280 g/mol. The number of carbonyl (C=O) groups excluding carboxylic acids is 1. The van der Waals surface area contributed by atoms with Crippen LogP contribution in [0.4, 0.5) is 8.78 Å². The summed E-state index contributed by atoms with van der Waals surface area (Å²) in [6, 6.07) is 3.49. The van der Waals surface area contributed by atoms with Gasteiger partial charge < -0.3 is 10.6 Å². The molecule has 2 fully saturated rings. The molecule has 2 aliphatic rings. The summed E-state index contributed by atoms with van der Waals surface area (Å²) in [4.78, 5) is 12.0. The number of amides is 1. The molecule has 1 heterocycles. The van der Waals surface area contributed by atoms with E-state index in [9.17, 15) is 13.6 Å². The van der Waals surface area contributed by atoms with Crippen molar-refractivity contribution < 1.29 is 13.6 Å². The lowest BCUT2D eigenvalue weighted by Crippen LogP contribution is -2.41. The van der Waals surface area contributed by atoms with Gasteiger partial charge in [0.25, 0.3) is 5.91 Å². The van der Waals surface area contributed by atoms with Gasteiger partial charge >= 0.3 is 0 Å². The van der Waals surface area contributed by atoms with E-state index in [0.29, 0.717) is 11.8 Å². The third-order valence-corrected chi connectivity index (χ3v) is 4.48. The molecule has 0 bridgehead atoms.